The SMILES string of the molecule is CCN(CCO)S(=O)(=O)C(F)(F)C(F)(F)C(F)(F)C(F)(F)C(F)(F)C(F)(F)C(F)(F)C(F)(F)F.CCN(CCO)S(=O)(=O)C(F)(F)C(F)(F)C(F)(F)C(F)(F)C(F)(F)C(F)(F)C(F)(F)C(F)(F)F.CCN(CCO)S(=O)(=O)C(F)(F)C(F)(F)C(F)(F)C(F)(F)C(F)(F)C(F)(F)C(F)(F)C(F)(F)F.O=P(O)(O)O. The van der Waals surface area contributed by atoms with Crippen molar-refractivity contribution in [1.29, 1.82) is 0 Å². The number of hydrogen-bond donors (Lipinski definition) is 6. The summed E-state index contributed by atoms with van der Waals surface area (Å²) >= 11 is 0. The van der Waals surface area contributed by atoms with Crippen molar-refractivity contribution in [2.45, 2.75) is 162 Å². The van der Waals surface area contributed by atoms with Crippen LogP contribution in [0.25, 0.3) is 0 Å². The smallest absolute Gasteiger partial charge is 0.395 e. The van der Waals surface area contributed by atoms with Gasteiger partial charge in [-0.3, -0.25) is 0 Å². The Bertz CT molecular complexity index is 3020. The zero-order chi connectivity index (χ0) is 89.1. The van der Waals surface area contributed by atoms with E-state index >= 15 is 0 Å². The molecule has 0 saturated heterocycles. The topological polar surface area (TPSA) is 251 Å². The summed E-state index contributed by atoms with van der Waals surface area (Å²) in [5.41, 5.74) is 0. The minimum atomic E-state index is -8.87. The first-order chi connectivity index (χ1) is 45.6. The Kier molecular flexibility index (Phi) is 32.2. The van der Waals surface area contributed by atoms with Crippen LogP contribution in [0.3, 0.4) is 0 Å². The second kappa shape index (κ2) is 31.5. The van der Waals surface area contributed by atoms with Crippen molar-refractivity contribution in [3.63, 3.8) is 0 Å². The molecule has 0 aliphatic carbocycles. The number of sulfonamides is 3. The number of halogens is 51. The molecule has 107 heavy (non-hydrogen) atoms. The Morgan fingerprint density at radius 2 is 0.318 bits per heavy atom. The lowest BCUT2D eigenvalue weighted by Crippen LogP contribution is -2.75. The molecule has 0 rings (SSSR count). The van der Waals surface area contributed by atoms with Gasteiger partial charge in [0.05, 0.1) is 19.8 Å². The number of hydrogen-bond acceptors (Lipinski definition) is 10. The molecule has 0 aromatic rings. The Morgan fingerprint density at radius 3 is 0.402 bits per heavy atom. The maximum atomic E-state index is 13.8. The predicted octanol–water partition coefficient (Wildman–Crippen LogP) is 12.9. The summed E-state index contributed by atoms with van der Waals surface area (Å²) in [4.78, 5) is 21.6. The molecule has 16 nitrogen and oxygen atoms in total. The van der Waals surface area contributed by atoms with E-state index in [0.29, 0.717) is 20.8 Å². The highest BCUT2D eigenvalue weighted by atomic mass is 32.2. The number of rotatable bonds is 33. The molecule has 0 atom stereocenters. The van der Waals surface area contributed by atoms with E-state index in [4.69, 9.17) is 34.6 Å². The van der Waals surface area contributed by atoms with Gasteiger partial charge < -0.3 is 30.0 Å². The maximum absolute atomic E-state index is 13.8. The highest BCUT2D eigenvalue weighted by Crippen LogP contribution is 2.69. The van der Waals surface area contributed by atoms with Gasteiger partial charge >= 0.3 is 149 Å². The van der Waals surface area contributed by atoms with Gasteiger partial charge in [-0.25, -0.2) is 29.8 Å². The number of aliphatic hydroxyl groups excluding tert-OH is 3. The number of aliphatic hydroxyl groups is 3. The van der Waals surface area contributed by atoms with Crippen molar-refractivity contribution >= 4 is 37.9 Å². The minimum Gasteiger partial charge on any atom is -0.395 e. The van der Waals surface area contributed by atoms with E-state index in [2.05, 4.69) is 0 Å². The Hall–Kier alpha value is -3.85. The minimum absolute atomic E-state index is 0.516. The van der Waals surface area contributed by atoms with Gasteiger partial charge in [0.1, 0.15) is 0 Å². The molecule has 0 aromatic carbocycles. The highest BCUT2D eigenvalue weighted by Gasteiger charge is 3.00. The van der Waals surface area contributed by atoms with E-state index in [0.717, 1.165) is 0 Å². The summed E-state index contributed by atoms with van der Waals surface area (Å²) < 4.78 is 745. The fourth-order valence-electron chi connectivity index (χ4n) is 6.10. The van der Waals surface area contributed by atoms with Crippen molar-refractivity contribution in [3.8, 4) is 0 Å². The summed E-state index contributed by atoms with van der Waals surface area (Å²) in [5, 5.41) is 2.62. The summed E-state index contributed by atoms with van der Waals surface area (Å²) in [7, 11) is -26.6. The quantitative estimate of drug-likeness (QED) is 0.0265. The first kappa shape index (κ1) is 109. The molecule has 0 heterocycles. The second-order valence-electron chi connectivity index (χ2n) is 19.1. The van der Waals surface area contributed by atoms with Gasteiger partial charge in [-0.1, -0.05) is 20.8 Å². The number of phosphoric acid groups is 1. The summed E-state index contributed by atoms with van der Waals surface area (Å²) in [6, 6.07) is 0. The molecular formula is C36H33F51N3O13PS3. The van der Waals surface area contributed by atoms with Crippen LogP contribution in [0.1, 0.15) is 20.8 Å². The maximum Gasteiger partial charge on any atom is 0.466 e. The second-order valence-corrected chi connectivity index (χ2v) is 26.0. The van der Waals surface area contributed by atoms with Crippen LogP contribution in [-0.2, 0) is 34.6 Å². The third kappa shape index (κ3) is 17.0. The fourth-order valence-corrected chi connectivity index (χ4v) is 10.4. The van der Waals surface area contributed by atoms with Gasteiger partial charge in [0.15, 0.2) is 0 Å². The third-order valence-corrected chi connectivity index (χ3v) is 18.3. The standard InChI is InChI=1S/3C12H10F17NO3S.H3O4P/c3*1-2-30(3-4-31)34(32,33)12(28,29)10(23,24)8(19,20)6(15,16)5(13,14)7(17,18)9(21,22)11(25,26)27;1-5(2,3)4/h3*31H,2-4H2,1H3;(H3,1,2,3,4). The predicted molar refractivity (Wildman–Crippen MR) is 236 cm³/mol. The van der Waals surface area contributed by atoms with E-state index in [1.165, 1.54) is 0 Å². The molecular weight excluding hydrogens is 1780 g/mol. The molecule has 0 aliphatic rings. The van der Waals surface area contributed by atoms with Gasteiger partial charge in [0, 0.05) is 39.3 Å². The van der Waals surface area contributed by atoms with Crippen molar-refractivity contribution in [2.75, 3.05) is 59.1 Å². The van der Waals surface area contributed by atoms with Gasteiger partial charge in [-0.05, 0) is 0 Å². The normalized spacial score (nSPS) is 16.1. The molecule has 0 bridgehead atoms. The molecule has 650 valence electrons. The van der Waals surface area contributed by atoms with Gasteiger partial charge in [0.2, 0.25) is 0 Å². The Morgan fingerprint density at radius 1 is 0.224 bits per heavy atom. The molecule has 0 radical (unpaired) electrons. The first-order valence-corrected chi connectivity index (χ1v) is 30.2. The fraction of sp³-hybridized carbons (Fsp3) is 1.00. The van der Waals surface area contributed by atoms with Crippen LogP contribution in [0.2, 0.25) is 0 Å². The largest absolute Gasteiger partial charge is 0.466 e. The summed E-state index contributed by atoms with van der Waals surface area (Å²) in [6.45, 7) is -12.0. The van der Waals surface area contributed by atoms with Crippen molar-refractivity contribution in [3.05, 3.63) is 0 Å². The lowest BCUT2D eigenvalue weighted by molar-refractivity contribution is -0.458. The summed E-state index contributed by atoms with van der Waals surface area (Å²) in [6.07, 6.45) is -23.6. The Balaban J connectivity index is -0.000000719. The lowest BCUT2D eigenvalue weighted by Gasteiger charge is -2.43. The molecule has 0 saturated carbocycles. The zero-order valence-electron chi connectivity index (χ0n) is 49.2. The molecule has 0 unspecified atom stereocenters. The monoisotopic (exact) mass is 1810 g/mol. The first-order valence-electron chi connectivity index (χ1n) is 24.3. The molecule has 71 heteroatoms. The number of alkyl halides is 51. The number of nitrogens with zero attached hydrogens (tertiary/aromatic N) is 3. The van der Waals surface area contributed by atoms with Gasteiger partial charge in [0.25, 0.3) is 30.1 Å². The van der Waals surface area contributed by atoms with Gasteiger partial charge in [-0.15, -0.1) is 0 Å². The molecule has 0 fully saturated rings. The van der Waals surface area contributed by atoms with E-state index in [1.54, 1.807) is 0 Å². The molecule has 6 N–H and O–H groups in total. The Labute approximate surface area is 555 Å². The van der Waals surface area contributed by atoms with Gasteiger partial charge in [-0.2, -0.15) is 237 Å². The van der Waals surface area contributed by atoms with E-state index in [-0.39, 0.29) is 0 Å². The highest BCUT2D eigenvalue weighted by molar-refractivity contribution is 7.90. The molecule has 0 spiro atoms. The van der Waals surface area contributed by atoms with Crippen LogP contribution in [-0.4, -0.2) is 268 Å². The van der Waals surface area contributed by atoms with Crippen LogP contribution in [0.5, 0.6) is 0 Å². The van der Waals surface area contributed by atoms with Crippen molar-refractivity contribution < 1.29 is 284 Å². The molecule has 0 amide bonds. The van der Waals surface area contributed by atoms with Crippen LogP contribution in [0, 0.1) is 0 Å². The zero-order valence-corrected chi connectivity index (χ0v) is 52.5. The third-order valence-electron chi connectivity index (χ3n) is 12.2. The van der Waals surface area contributed by atoms with E-state index in [1.807, 2.05) is 0 Å². The molecule has 0 aliphatic heterocycles. The molecule has 0 aromatic heterocycles. The average molecular weight is 1810 g/mol. The summed E-state index contributed by atoms with van der Waals surface area (Å²) in [5.74, 6) is -155. The number of likely N-dealkylation sites (N-methyl/N-ethyl adjacent to an activating group) is 3. The van der Waals surface area contributed by atoms with Crippen LogP contribution < -0.4 is 0 Å². The van der Waals surface area contributed by atoms with Crippen LogP contribution >= 0.6 is 7.82 Å². The lowest BCUT2D eigenvalue weighted by atomic mass is 9.91. The van der Waals surface area contributed by atoms with Crippen molar-refractivity contribution in [2.24, 2.45) is 0 Å². The van der Waals surface area contributed by atoms with Crippen LogP contribution in [0.15, 0.2) is 0 Å². The van der Waals surface area contributed by atoms with Crippen molar-refractivity contribution in [1.82, 2.24) is 12.9 Å². The van der Waals surface area contributed by atoms with E-state index < -0.39 is 251 Å². The van der Waals surface area contributed by atoms with E-state index in [9.17, 15) is 249 Å². The van der Waals surface area contributed by atoms with Crippen LogP contribution in [0.4, 0.5) is 224 Å². The average Bonchev–Trinajstić information content (AvgIpc) is 0.699.